The van der Waals surface area contributed by atoms with Gasteiger partial charge in [-0.25, -0.2) is 4.98 Å². The van der Waals surface area contributed by atoms with Crippen LogP contribution in [0.2, 0.25) is 0 Å². The molecule has 1 N–H and O–H groups in total. The van der Waals surface area contributed by atoms with Gasteiger partial charge in [0.1, 0.15) is 0 Å². The normalized spacial score (nSPS) is 10.5. The number of nitrogens with one attached hydrogen (secondary N) is 1. The Bertz CT molecular complexity index is 595. The van der Waals surface area contributed by atoms with Gasteiger partial charge >= 0.3 is 0 Å². The summed E-state index contributed by atoms with van der Waals surface area (Å²) >= 11 is 5.07. The van der Waals surface area contributed by atoms with Gasteiger partial charge in [0, 0.05) is 34.1 Å². The van der Waals surface area contributed by atoms with Gasteiger partial charge in [-0.15, -0.1) is 11.3 Å². The van der Waals surface area contributed by atoms with Gasteiger partial charge in [-0.05, 0) is 31.5 Å². The van der Waals surface area contributed by atoms with E-state index in [9.17, 15) is 4.79 Å². The van der Waals surface area contributed by atoms with Crippen molar-refractivity contribution in [2.24, 2.45) is 0 Å². The lowest BCUT2D eigenvalue weighted by atomic mass is 10.1. The SMILES string of the molecule is Cc1csc(CCNC(=O)c2cccc(Br)c2C)n1. The van der Waals surface area contributed by atoms with Crippen LogP contribution in [0.15, 0.2) is 28.1 Å². The molecule has 1 heterocycles. The van der Waals surface area contributed by atoms with Crippen molar-refractivity contribution in [2.75, 3.05) is 6.54 Å². The molecular weight excluding hydrogens is 324 g/mol. The summed E-state index contributed by atoms with van der Waals surface area (Å²) in [4.78, 5) is 16.4. The molecule has 1 aromatic carbocycles. The average molecular weight is 339 g/mol. The Morgan fingerprint density at radius 1 is 1.42 bits per heavy atom. The molecule has 0 radical (unpaired) electrons. The third-order valence-corrected chi connectivity index (χ3v) is 4.69. The molecule has 0 saturated carbocycles. The average Bonchev–Trinajstić information content (AvgIpc) is 2.78. The largest absolute Gasteiger partial charge is 0.352 e. The first-order valence-electron chi connectivity index (χ1n) is 6.02. The summed E-state index contributed by atoms with van der Waals surface area (Å²) in [7, 11) is 0. The van der Waals surface area contributed by atoms with E-state index in [1.54, 1.807) is 11.3 Å². The maximum atomic E-state index is 12.1. The topological polar surface area (TPSA) is 42.0 Å². The van der Waals surface area contributed by atoms with E-state index < -0.39 is 0 Å². The zero-order valence-electron chi connectivity index (χ0n) is 10.9. The van der Waals surface area contributed by atoms with Crippen LogP contribution in [0.3, 0.4) is 0 Å². The van der Waals surface area contributed by atoms with Crippen LogP contribution in [0.4, 0.5) is 0 Å². The maximum absolute atomic E-state index is 12.1. The van der Waals surface area contributed by atoms with Crippen LogP contribution < -0.4 is 5.32 Å². The number of hydrogen-bond donors (Lipinski definition) is 1. The van der Waals surface area contributed by atoms with Gasteiger partial charge in [-0.2, -0.15) is 0 Å². The van der Waals surface area contributed by atoms with Crippen LogP contribution in [0, 0.1) is 13.8 Å². The van der Waals surface area contributed by atoms with E-state index in [1.807, 2.05) is 37.4 Å². The van der Waals surface area contributed by atoms with Crippen molar-refractivity contribution in [1.82, 2.24) is 10.3 Å². The molecular formula is C14H15BrN2OS. The lowest BCUT2D eigenvalue weighted by Crippen LogP contribution is -2.26. The van der Waals surface area contributed by atoms with Crippen LogP contribution >= 0.6 is 27.3 Å². The second-order valence-corrected chi connectivity index (χ2v) is 6.10. The molecule has 0 bridgehead atoms. The molecule has 0 spiro atoms. The van der Waals surface area contributed by atoms with Gasteiger partial charge in [-0.1, -0.05) is 22.0 Å². The summed E-state index contributed by atoms with van der Waals surface area (Å²) in [6, 6.07) is 5.64. The molecule has 0 atom stereocenters. The lowest BCUT2D eigenvalue weighted by molar-refractivity contribution is 0.0953. The first kappa shape index (κ1) is 14.2. The molecule has 0 aliphatic rings. The standard InChI is InChI=1S/C14H15BrN2OS/c1-9-8-19-13(17-9)6-7-16-14(18)11-4-3-5-12(15)10(11)2/h3-5,8H,6-7H2,1-2H3,(H,16,18). The van der Waals surface area contributed by atoms with E-state index in [-0.39, 0.29) is 5.91 Å². The first-order valence-corrected chi connectivity index (χ1v) is 7.69. The fourth-order valence-corrected chi connectivity index (χ4v) is 2.89. The van der Waals surface area contributed by atoms with Gasteiger partial charge in [0.15, 0.2) is 0 Å². The Hall–Kier alpha value is -1.20. The number of carbonyl (C=O) groups excluding carboxylic acids is 1. The van der Waals surface area contributed by atoms with Crippen molar-refractivity contribution in [1.29, 1.82) is 0 Å². The van der Waals surface area contributed by atoms with Gasteiger partial charge in [0.25, 0.3) is 5.91 Å². The smallest absolute Gasteiger partial charge is 0.251 e. The Balaban J connectivity index is 1.93. The van der Waals surface area contributed by atoms with Crippen molar-refractivity contribution in [3.8, 4) is 0 Å². The van der Waals surface area contributed by atoms with Crippen LogP contribution in [0.25, 0.3) is 0 Å². The Kier molecular flexibility index (Phi) is 4.71. The van der Waals surface area contributed by atoms with E-state index in [1.165, 1.54) is 0 Å². The summed E-state index contributed by atoms with van der Waals surface area (Å²) < 4.78 is 0.954. The molecule has 0 unspecified atom stereocenters. The quantitative estimate of drug-likeness (QED) is 0.926. The third-order valence-electron chi connectivity index (χ3n) is 2.80. The molecule has 100 valence electrons. The highest BCUT2D eigenvalue weighted by molar-refractivity contribution is 9.10. The van der Waals surface area contributed by atoms with E-state index in [0.29, 0.717) is 12.1 Å². The second kappa shape index (κ2) is 6.30. The summed E-state index contributed by atoms with van der Waals surface area (Å²) in [5.41, 5.74) is 2.71. The van der Waals surface area contributed by atoms with Gasteiger partial charge < -0.3 is 5.32 Å². The molecule has 19 heavy (non-hydrogen) atoms. The zero-order valence-corrected chi connectivity index (χ0v) is 13.3. The number of rotatable bonds is 4. The predicted octanol–water partition coefficient (Wildman–Crippen LogP) is 3.49. The van der Waals surface area contributed by atoms with Crippen LogP contribution in [-0.4, -0.2) is 17.4 Å². The monoisotopic (exact) mass is 338 g/mol. The summed E-state index contributed by atoms with van der Waals surface area (Å²) in [6.45, 7) is 4.52. The fraction of sp³-hybridized carbons (Fsp3) is 0.286. The number of benzene rings is 1. The molecule has 0 aliphatic carbocycles. The minimum atomic E-state index is -0.0351. The number of hydrogen-bond acceptors (Lipinski definition) is 3. The van der Waals surface area contributed by atoms with Crippen molar-refractivity contribution in [3.05, 3.63) is 49.9 Å². The van der Waals surface area contributed by atoms with Crippen LogP contribution in [0.5, 0.6) is 0 Å². The first-order chi connectivity index (χ1) is 9.08. The molecule has 3 nitrogen and oxygen atoms in total. The number of carbonyl (C=O) groups is 1. The summed E-state index contributed by atoms with van der Waals surface area (Å²) in [5, 5.41) is 6.01. The molecule has 1 amide bonds. The van der Waals surface area contributed by atoms with Gasteiger partial charge in [0.05, 0.1) is 5.01 Å². The minimum Gasteiger partial charge on any atom is -0.352 e. The van der Waals surface area contributed by atoms with E-state index >= 15 is 0 Å². The molecule has 0 saturated heterocycles. The number of thiazole rings is 1. The lowest BCUT2D eigenvalue weighted by Gasteiger charge is -2.08. The molecule has 2 rings (SSSR count). The number of aryl methyl sites for hydroxylation is 1. The Morgan fingerprint density at radius 3 is 2.89 bits per heavy atom. The summed E-state index contributed by atoms with van der Waals surface area (Å²) in [6.07, 6.45) is 0.775. The van der Waals surface area contributed by atoms with Crippen molar-refractivity contribution in [2.45, 2.75) is 20.3 Å². The second-order valence-electron chi connectivity index (χ2n) is 4.30. The fourth-order valence-electron chi connectivity index (χ4n) is 1.75. The number of halogens is 1. The number of amides is 1. The summed E-state index contributed by atoms with van der Waals surface area (Å²) in [5.74, 6) is -0.0351. The molecule has 0 fully saturated rings. The van der Waals surface area contributed by atoms with Crippen molar-refractivity contribution >= 4 is 33.2 Å². The van der Waals surface area contributed by atoms with E-state index in [2.05, 4.69) is 26.2 Å². The maximum Gasteiger partial charge on any atom is 0.251 e. The van der Waals surface area contributed by atoms with E-state index in [4.69, 9.17) is 0 Å². The third kappa shape index (κ3) is 3.64. The highest BCUT2D eigenvalue weighted by Gasteiger charge is 2.10. The van der Waals surface area contributed by atoms with Crippen molar-refractivity contribution in [3.63, 3.8) is 0 Å². The van der Waals surface area contributed by atoms with Crippen molar-refractivity contribution < 1.29 is 4.79 Å². The molecule has 1 aromatic heterocycles. The van der Waals surface area contributed by atoms with Crippen LogP contribution in [-0.2, 0) is 6.42 Å². The van der Waals surface area contributed by atoms with Gasteiger partial charge in [-0.3, -0.25) is 4.79 Å². The van der Waals surface area contributed by atoms with E-state index in [0.717, 1.165) is 27.2 Å². The van der Waals surface area contributed by atoms with Gasteiger partial charge in [0.2, 0.25) is 0 Å². The Morgan fingerprint density at radius 2 is 2.21 bits per heavy atom. The predicted molar refractivity (Wildman–Crippen MR) is 81.8 cm³/mol. The molecule has 2 aromatic rings. The number of nitrogens with zero attached hydrogens (tertiary/aromatic N) is 1. The minimum absolute atomic E-state index is 0.0351. The zero-order chi connectivity index (χ0) is 13.8. The highest BCUT2D eigenvalue weighted by Crippen LogP contribution is 2.19. The molecule has 5 heteroatoms. The molecule has 0 aliphatic heterocycles. The number of aromatic nitrogens is 1. The highest BCUT2D eigenvalue weighted by atomic mass is 79.9. The van der Waals surface area contributed by atoms with Crippen LogP contribution in [0.1, 0.15) is 26.6 Å². The Labute approximate surface area is 125 Å².